The normalized spacial score (nSPS) is 10.9. The number of nitrogens with zero attached hydrogens (tertiary/aromatic N) is 2. The Morgan fingerprint density at radius 2 is 1.94 bits per heavy atom. The first-order valence-electron chi connectivity index (χ1n) is 5.57. The SMILES string of the molecule is Cn1ccc2cc[n+](-c3ccccc3N)cc21. The molecule has 0 saturated carbocycles. The van der Waals surface area contributed by atoms with E-state index < -0.39 is 0 Å². The van der Waals surface area contributed by atoms with Crippen LogP contribution in [0.25, 0.3) is 16.6 Å². The summed E-state index contributed by atoms with van der Waals surface area (Å²) < 4.78 is 4.16. The van der Waals surface area contributed by atoms with Crippen LogP contribution < -0.4 is 10.3 Å². The Labute approximate surface area is 99.7 Å². The molecule has 17 heavy (non-hydrogen) atoms. The molecule has 3 aromatic rings. The van der Waals surface area contributed by atoms with E-state index in [1.165, 1.54) is 10.9 Å². The molecule has 3 heteroatoms. The largest absolute Gasteiger partial charge is 0.393 e. The average Bonchev–Trinajstić information content (AvgIpc) is 2.71. The topological polar surface area (TPSA) is 34.8 Å². The maximum Gasteiger partial charge on any atom is 0.233 e. The Morgan fingerprint density at radius 3 is 2.76 bits per heavy atom. The van der Waals surface area contributed by atoms with Gasteiger partial charge in [-0.15, -0.1) is 0 Å². The van der Waals surface area contributed by atoms with Crippen molar-refractivity contribution in [2.75, 3.05) is 5.73 Å². The van der Waals surface area contributed by atoms with Gasteiger partial charge in [0, 0.05) is 30.8 Å². The molecule has 2 aromatic heterocycles. The van der Waals surface area contributed by atoms with Gasteiger partial charge in [0.05, 0.1) is 0 Å². The van der Waals surface area contributed by atoms with E-state index in [2.05, 4.69) is 33.7 Å². The molecule has 0 aliphatic heterocycles. The van der Waals surface area contributed by atoms with Gasteiger partial charge in [0.2, 0.25) is 5.69 Å². The van der Waals surface area contributed by atoms with Crippen LogP contribution in [-0.2, 0) is 7.05 Å². The second-order valence-corrected chi connectivity index (χ2v) is 4.18. The van der Waals surface area contributed by atoms with Gasteiger partial charge in [0.1, 0.15) is 11.2 Å². The minimum absolute atomic E-state index is 0.783. The van der Waals surface area contributed by atoms with Crippen molar-refractivity contribution >= 4 is 16.6 Å². The van der Waals surface area contributed by atoms with Crippen molar-refractivity contribution < 1.29 is 4.57 Å². The van der Waals surface area contributed by atoms with Crippen LogP contribution in [0, 0.1) is 0 Å². The summed E-state index contributed by atoms with van der Waals surface area (Å²) in [5.41, 5.74) is 8.97. The number of hydrogen-bond donors (Lipinski definition) is 1. The molecule has 2 N–H and O–H groups in total. The maximum atomic E-state index is 5.98. The number of para-hydroxylation sites is 2. The van der Waals surface area contributed by atoms with Gasteiger partial charge < -0.3 is 10.3 Å². The molecule has 3 rings (SSSR count). The summed E-state index contributed by atoms with van der Waals surface area (Å²) in [5.74, 6) is 0. The molecule has 1 aromatic carbocycles. The lowest BCUT2D eigenvalue weighted by atomic mass is 10.2. The third-order valence-electron chi connectivity index (χ3n) is 3.04. The number of aryl methyl sites for hydroxylation is 1. The molecule has 0 spiro atoms. The van der Waals surface area contributed by atoms with E-state index in [0.29, 0.717) is 0 Å². The first-order valence-corrected chi connectivity index (χ1v) is 5.57. The van der Waals surface area contributed by atoms with Gasteiger partial charge >= 0.3 is 0 Å². The van der Waals surface area contributed by atoms with Gasteiger partial charge in [-0.25, -0.2) is 0 Å². The van der Waals surface area contributed by atoms with Crippen LogP contribution in [0.15, 0.2) is 55.0 Å². The Hall–Kier alpha value is -2.29. The van der Waals surface area contributed by atoms with Crippen LogP contribution in [0.4, 0.5) is 5.69 Å². The van der Waals surface area contributed by atoms with E-state index in [-0.39, 0.29) is 0 Å². The van der Waals surface area contributed by atoms with Crippen molar-refractivity contribution in [3.8, 4) is 5.69 Å². The van der Waals surface area contributed by atoms with Crippen molar-refractivity contribution in [1.82, 2.24) is 4.57 Å². The van der Waals surface area contributed by atoms with E-state index in [9.17, 15) is 0 Å². The minimum Gasteiger partial charge on any atom is -0.393 e. The summed E-state index contributed by atoms with van der Waals surface area (Å²) in [4.78, 5) is 0. The van der Waals surface area contributed by atoms with Crippen LogP contribution in [0.2, 0.25) is 0 Å². The summed E-state index contributed by atoms with van der Waals surface area (Å²) in [6, 6.07) is 12.1. The number of hydrogen-bond acceptors (Lipinski definition) is 1. The predicted molar refractivity (Wildman–Crippen MR) is 68.9 cm³/mol. The molecule has 0 unspecified atom stereocenters. The van der Waals surface area contributed by atoms with Crippen LogP contribution in [0.3, 0.4) is 0 Å². The average molecular weight is 224 g/mol. The molecule has 0 bridgehead atoms. The molecular weight excluding hydrogens is 210 g/mol. The van der Waals surface area contributed by atoms with E-state index in [1.54, 1.807) is 0 Å². The number of rotatable bonds is 1. The third kappa shape index (κ3) is 1.56. The fraction of sp³-hybridized carbons (Fsp3) is 0.0714. The second kappa shape index (κ2) is 3.63. The van der Waals surface area contributed by atoms with Gasteiger partial charge in [0.25, 0.3) is 0 Å². The highest BCUT2D eigenvalue weighted by atomic mass is 15.0. The summed E-state index contributed by atoms with van der Waals surface area (Å²) in [6.07, 6.45) is 6.19. The Kier molecular flexibility index (Phi) is 2.11. The van der Waals surface area contributed by atoms with E-state index in [0.717, 1.165) is 11.4 Å². The lowest BCUT2D eigenvalue weighted by Gasteiger charge is -2.00. The van der Waals surface area contributed by atoms with Gasteiger partial charge in [-0.2, -0.15) is 4.57 Å². The van der Waals surface area contributed by atoms with Crippen molar-refractivity contribution in [2.45, 2.75) is 0 Å². The first-order chi connectivity index (χ1) is 8.25. The fourth-order valence-corrected chi connectivity index (χ4v) is 2.08. The Bertz CT molecular complexity index is 683. The van der Waals surface area contributed by atoms with Crippen molar-refractivity contribution in [2.24, 2.45) is 7.05 Å². The van der Waals surface area contributed by atoms with Crippen molar-refractivity contribution in [3.63, 3.8) is 0 Å². The number of nitrogen functional groups attached to an aromatic ring is 1. The number of nitrogens with two attached hydrogens (primary N) is 1. The minimum atomic E-state index is 0.783. The molecule has 0 fully saturated rings. The lowest BCUT2D eigenvalue weighted by molar-refractivity contribution is -0.593. The monoisotopic (exact) mass is 224 g/mol. The molecule has 2 heterocycles. The summed E-state index contributed by atoms with van der Waals surface area (Å²) in [7, 11) is 2.04. The quantitative estimate of drug-likeness (QED) is 0.498. The Balaban J connectivity index is 2.24. The van der Waals surface area contributed by atoms with Crippen molar-refractivity contribution in [3.05, 3.63) is 55.0 Å². The first kappa shape index (κ1) is 9.90. The van der Waals surface area contributed by atoms with E-state index >= 15 is 0 Å². The third-order valence-corrected chi connectivity index (χ3v) is 3.04. The van der Waals surface area contributed by atoms with Crippen LogP contribution in [0.5, 0.6) is 0 Å². The summed E-state index contributed by atoms with van der Waals surface area (Å²) in [5, 5.41) is 1.23. The van der Waals surface area contributed by atoms with Crippen molar-refractivity contribution in [1.29, 1.82) is 0 Å². The van der Waals surface area contributed by atoms with Gasteiger partial charge in [-0.05, 0) is 12.1 Å². The number of pyridine rings is 1. The molecule has 3 nitrogen and oxygen atoms in total. The molecule has 0 radical (unpaired) electrons. The number of benzene rings is 1. The van der Waals surface area contributed by atoms with E-state index in [1.807, 2.05) is 37.5 Å². The predicted octanol–water partition coefficient (Wildman–Crippen LogP) is 2.04. The van der Waals surface area contributed by atoms with Crippen LogP contribution in [0.1, 0.15) is 0 Å². The highest BCUT2D eigenvalue weighted by Crippen LogP contribution is 2.14. The summed E-state index contributed by atoms with van der Waals surface area (Å²) >= 11 is 0. The molecule has 0 atom stereocenters. The molecular formula is C14H14N3+. The van der Waals surface area contributed by atoms with Crippen LogP contribution >= 0.6 is 0 Å². The summed E-state index contributed by atoms with van der Waals surface area (Å²) in [6.45, 7) is 0. The zero-order chi connectivity index (χ0) is 11.8. The Morgan fingerprint density at radius 1 is 1.12 bits per heavy atom. The van der Waals surface area contributed by atoms with Gasteiger partial charge in [0.15, 0.2) is 12.4 Å². The van der Waals surface area contributed by atoms with E-state index in [4.69, 9.17) is 5.73 Å². The number of anilines is 1. The number of aromatic nitrogens is 2. The highest BCUT2D eigenvalue weighted by Gasteiger charge is 2.11. The molecule has 0 saturated heterocycles. The maximum absolute atomic E-state index is 5.98. The zero-order valence-electron chi connectivity index (χ0n) is 9.67. The standard InChI is InChI=1S/C14H14N3/c1-16-8-6-11-7-9-17(10-14(11)16)13-5-3-2-4-12(13)15/h2-10H,15H2,1H3/q+1. The molecule has 0 amide bonds. The second-order valence-electron chi connectivity index (χ2n) is 4.18. The van der Waals surface area contributed by atoms with Crippen LogP contribution in [-0.4, -0.2) is 4.57 Å². The molecule has 0 aliphatic rings. The molecule has 84 valence electrons. The number of fused-ring (bicyclic) bond motifs is 1. The molecule has 0 aliphatic carbocycles. The lowest BCUT2D eigenvalue weighted by Crippen LogP contribution is -2.30. The van der Waals surface area contributed by atoms with Gasteiger partial charge in [-0.3, -0.25) is 0 Å². The smallest absolute Gasteiger partial charge is 0.233 e. The van der Waals surface area contributed by atoms with Gasteiger partial charge in [-0.1, -0.05) is 12.1 Å². The zero-order valence-corrected chi connectivity index (χ0v) is 9.67. The highest BCUT2D eigenvalue weighted by molar-refractivity contribution is 5.78. The fourth-order valence-electron chi connectivity index (χ4n) is 2.08.